The maximum Gasteiger partial charge on any atom is 0.253 e. The van der Waals surface area contributed by atoms with Crippen molar-refractivity contribution in [2.45, 2.75) is 26.8 Å². The van der Waals surface area contributed by atoms with E-state index in [-0.39, 0.29) is 11.9 Å². The first kappa shape index (κ1) is 16.1. The zero-order valence-corrected chi connectivity index (χ0v) is 13.1. The third-order valence-electron chi connectivity index (χ3n) is 2.40. The van der Waals surface area contributed by atoms with Crippen molar-refractivity contribution in [2.75, 3.05) is 23.4 Å². The Balaban J connectivity index is 2.64. The molecule has 0 saturated carbocycles. The van der Waals surface area contributed by atoms with Gasteiger partial charge in [0.15, 0.2) is 0 Å². The van der Waals surface area contributed by atoms with Crippen LogP contribution in [0.25, 0.3) is 0 Å². The number of thioether (sulfide) groups is 1. The summed E-state index contributed by atoms with van der Waals surface area (Å²) in [5.74, 6) is 2.42. The lowest BCUT2D eigenvalue weighted by Crippen LogP contribution is -2.34. The van der Waals surface area contributed by atoms with Gasteiger partial charge in [-0.15, -0.1) is 0 Å². The van der Waals surface area contributed by atoms with Gasteiger partial charge in [-0.05, 0) is 25.7 Å². The Hall–Kier alpha value is -0.940. The minimum Gasteiger partial charge on any atom is -0.369 e. The lowest BCUT2D eigenvalue weighted by atomic mass is 10.2. The number of amides is 1. The van der Waals surface area contributed by atoms with Crippen LogP contribution in [0.15, 0.2) is 12.3 Å². The molecule has 0 aliphatic carbocycles. The highest BCUT2D eigenvalue weighted by Gasteiger charge is 2.12. The number of aromatic nitrogens is 1. The first-order chi connectivity index (χ1) is 9.08. The Kier molecular flexibility index (Phi) is 7.02. The third-order valence-corrected chi connectivity index (χ3v) is 3.83. The van der Waals surface area contributed by atoms with Gasteiger partial charge in [0.25, 0.3) is 5.91 Å². The fourth-order valence-electron chi connectivity index (χ4n) is 1.50. The number of nitrogens with one attached hydrogen (secondary N) is 2. The molecule has 1 aromatic rings. The molecule has 1 aromatic heterocycles. The molecule has 2 N–H and O–H groups in total. The van der Waals surface area contributed by atoms with Crippen molar-refractivity contribution in [2.24, 2.45) is 0 Å². The van der Waals surface area contributed by atoms with E-state index < -0.39 is 0 Å². The minimum absolute atomic E-state index is 0.129. The summed E-state index contributed by atoms with van der Waals surface area (Å²) in [5.41, 5.74) is 0.486. The molecule has 0 aliphatic rings. The van der Waals surface area contributed by atoms with Gasteiger partial charge in [-0.25, -0.2) is 4.98 Å². The van der Waals surface area contributed by atoms with Crippen molar-refractivity contribution in [3.05, 3.63) is 22.8 Å². The predicted octanol–water partition coefficient (Wildman–Crippen LogP) is 3.04. The molecule has 1 atom stereocenters. The van der Waals surface area contributed by atoms with Crippen LogP contribution >= 0.6 is 23.4 Å². The molecule has 0 aliphatic heterocycles. The average Bonchev–Trinajstić information content (AvgIpc) is 2.38. The minimum atomic E-state index is -0.137. The normalized spacial score (nSPS) is 12.0. The number of anilines is 1. The first-order valence-corrected chi connectivity index (χ1v) is 7.89. The largest absolute Gasteiger partial charge is 0.369 e. The highest BCUT2D eigenvalue weighted by atomic mass is 35.5. The first-order valence-electron chi connectivity index (χ1n) is 6.36. The molecule has 1 rings (SSSR count). The zero-order valence-electron chi connectivity index (χ0n) is 11.5. The molecular formula is C13H20ClN3OS. The van der Waals surface area contributed by atoms with Gasteiger partial charge < -0.3 is 10.6 Å². The molecule has 0 saturated heterocycles. The van der Waals surface area contributed by atoms with E-state index in [1.54, 1.807) is 24.0 Å². The number of rotatable bonds is 7. The van der Waals surface area contributed by atoms with Crippen LogP contribution in [0.3, 0.4) is 0 Å². The van der Waals surface area contributed by atoms with Gasteiger partial charge in [0.2, 0.25) is 0 Å². The molecule has 6 heteroatoms. The van der Waals surface area contributed by atoms with Crippen LogP contribution in [0.5, 0.6) is 0 Å². The molecule has 0 aromatic carbocycles. The van der Waals surface area contributed by atoms with E-state index in [0.717, 1.165) is 18.1 Å². The van der Waals surface area contributed by atoms with E-state index in [0.29, 0.717) is 16.4 Å². The van der Waals surface area contributed by atoms with Crippen LogP contribution in [-0.2, 0) is 0 Å². The molecule has 0 bridgehead atoms. The number of carbonyl (C=O) groups excluding carboxylic acids is 1. The van der Waals surface area contributed by atoms with Gasteiger partial charge in [-0.2, -0.15) is 11.8 Å². The predicted molar refractivity (Wildman–Crippen MR) is 83.3 cm³/mol. The van der Waals surface area contributed by atoms with Gasteiger partial charge in [-0.1, -0.05) is 18.5 Å². The molecule has 1 unspecified atom stereocenters. The topological polar surface area (TPSA) is 54.0 Å². The van der Waals surface area contributed by atoms with E-state index in [1.165, 1.54) is 0 Å². The van der Waals surface area contributed by atoms with E-state index in [4.69, 9.17) is 11.6 Å². The molecular weight excluding hydrogens is 282 g/mol. The maximum atomic E-state index is 12.0. The molecule has 4 nitrogen and oxygen atoms in total. The Labute approximate surface area is 123 Å². The number of hydrogen-bond donors (Lipinski definition) is 2. The molecule has 0 fully saturated rings. The Morgan fingerprint density at radius 3 is 2.84 bits per heavy atom. The van der Waals surface area contributed by atoms with Gasteiger partial charge >= 0.3 is 0 Å². The van der Waals surface area contributed by atoms with Gasteiger partial charge in [-0.3, -0.25) is 4.79 Å². The van der Waals surface area contributed by atoms with Gasteiger partial charge in [0, 0.05) is 24.5 Å². The fraction of sp³-hybridized carbons (Fsp3) is 0.538. The highest BCUT2D eigenvalue weighted by molar-refractivity contribution is 7.99. The zero-order chi connectivity index (χ0) is 14.3. The molecule has 0 radical (unpaired) electrons. The van der Waals surface area contributed by atoms with Crippen molar-refractivity contribution in [1.29, 1.82) is 0 Å². The number of hydrogen-bond acceptors (Lipinski definition) is 4. The van der Waals surface area contributed by atoms with E-state index in [2.05, 4.69) is 22.5 Å². The summed E-state index contributed by atoms with van der Waals surface area (Å²) >= 11 is 7.86. The lowest BCUT2D eigenvalue weighted by molar-refractivity contribution is 0.0943. The van der Waals surface area contributed by atoms with Gasteiger partial charge in [0.1, 0.15) is 5.82 Å². The fourth-order valence-corrected chi connectivity index (χ4v) is 2.41. The summed E-state index contributed by atoms with van der Waals surface area (Å²) < 4.78 is 0. The maximum absolute atomic E-state index is 12.0. The second-order valence-electron chi connectivity index (χ2n) is 4.12. The molecule has 1 heterocycles. The van der Waals surface area contributed by atoms with Crippen molar-refractivity contribution < 1.29 is 4.79 Å². The van der Waals surface area contributed by atoms with Crippen LogP contribution in [0.4, 0.5) is 5.82 Å². The summed E-state index contributed by atoms with van der Waals surface area (Å²) in [4.78, 5) is 16.1. The van der Waals surface area contributed by atoms with Gasteiger partial charge in [0.05, 0.1) is 10.6 Å². The van der Waals surface area contributed by atoms with Crippen molar-refractivity contribution in [3.8, 4) is 0 Å². The number of pyridine rings is 1. The second kappa shape index (κ2) is 8.27. The molecule has 0 spiro atoms. The van der Waals surface area contributed by atoms with E-state index >= 15 is 0 Å². The van der Waals surface area contributed by atoms with E-state index in [1.807, 2.05) is 13.8 Å². The van der Waals surface area contributed by atoms with Crippen LogP contribution in [0.1, 0.15) is 31.1 Å². The van der Waals surface area contributed by atoms with Crippen LogP contribution in [0.2, 0.25) is 5.02 Å². The van der Waals surface area contributed by atoms with Crippen LogP contribution in [0, 0.1) is 0 Å². The van der Waals surface area contributed by atoms with Crippen LogP contribution < -0.4 is 10.6 Å². The Morgan fingerprint density at radius 2 is 2.26 bits per heavy atom. The second-order valence-corrected chi connectivity index (χ2v) is 5.84. The van der Waals surface area contributed by atoms with Crippen molar-refractivity contribution in [1.82, 2.24) is 10.3 Å². The Bertz CT molecular complexity index is 428. The standard InChI is InChI=1S/C13H20ClN3OS/c1-4-15-12-11(14)6-10(7-16-12)13(18)17-9(3)8-19-5-2/h6-7,9H,4-5,8H2,1-3H3,(H,15,16)(H,17,18). The summed E-state index contributed by atoms with van der Waals surface area (Å²) in [5, 5.41) is 6.43. The van der Waals surface area contributed by atoms with E-state index in [9.17, 15) is 4.79 Å². The average molecular weight is 302 g/mol. The van der Waals surface area contributed by atoms with Crippen LogP contribution in [-0.4, -0.2) is 35.0 Å². The summed E-state index contributed by atoms with van der Waals surface area (Å²) in [6, 6.07) is 1.77. The number of halogens is 1. The SMILES string of the molecule is CCNc1ncc(C(=O)NC(C)CSCC)cc1Cl. The summed E-state index contributed by atoms with van der Waals surface area (Å²) in [6.45, 7) is 6.79. The lowest BCUT2D eigenvalue weighted by Gasteiger charge is -2.13. The molecule has 1 amide bonds. The highest BCUT2D eigenvalue weighted by Crippen LogP contribution is 2.19. The quantitative estimate of drug-likeness (QED) is 0.813. The summed E-state index contributed by atoms with van der Waals surface area (Å²) in [6.07, 6.45) is 1.54. The number of nitrogens with zero attached hydrogens (tertiary/aromatic N) is 1. The number of carbonyl (C=O) groups is 1. The third kappa shape index (κ3) is 5.28. The monoisotopic (exact) mass is 301 g/mol. The smallest absolute Gasteiger partial charge is 0.253 e. The van der Waals surface area contributed by atoms with Crippen molar-refractivity contribution in [3.63, 3.8) is 0 Å². The Morgan fingerprint density at radius 1 is 1.53 bits per heavy atom. The molecule has 106 valence electrons. The summed E-state index contributed by atoms with van der Waals surface area (Å²) in [7, 11) is 0. The molecule has 19 heavy (non-hydrogen) atoms. The van der Waals surface area contributed by atoms with Crippen molar-refractivity contribution >= 4 is 35.1 Å².